The van der Waals surface area contributed by atoms with E-state index in [0.717, 1.165) is 19.3 Å². The van der Waals surface area contributed by atoms with E-state index in [1.807, 2.05) is 0 Å². The van der Waals surface area contributed by atoms with Gasteiger partial charge in [-0.25, -0.2) is 0 Å². The van der Waals surface area contributed by atoms with Crippen molar-refractivity contribution in [3.8, 4) is 0 Å². The van der Waals surface area contributed by atoms with E-state index in [2.05, 4.69) is 13.0 Å². The molecule has 2 aliphatic carbocycles. The lowest BCUT2D eigenvalue weighted by Crippen LogP contribution is -2.19. The van der Waals surface area contributed by atoms with Gasteiger partial charge in [-0.2, -0.15) is 0 Å². The summed E-state index contributed by atoms with van der Waals surface area (Å²) in [5, 5.41) is 9.72. The maximum atomic E-state index is 9.72. The molecule has 66 valence electrons. The zero-order chi connectivity index (χ0) is 8.55. The van der Waals surface area contributed by atoms with Crippen molar-refractivity contribution >= 4 is 0 Å². The first-order valence-electron chi connectivity index (χ1n) is 4.86. The first-order valence-corrected chi connectivity index (χ1v) is 4.86. The summed E-state index contributed by atoms with van der Waals surface area (Å²) in [4.78, 5) is 0. The zero-order valence-electron chi connectivity index (χ0n) is 7.64. The van der Waals surface area contributed by atoms with Crippen LogP contribution in [-0.4, -0.2) is 11.2 Å². The normalized spacial score (nSPS) is 29.8. The topological polar surface area (TPSA) is 20.2 Å². The number of hydrogen-bond donors (Lipinski definition) is 1. The van der Waals surface area contributed by atoms with Gasteiger partial charge in [-0.3, -0.25) is 0 Å². The average Bonchev–Trinajstić information content (AvgIpc) is 2.12. The van der Waals surface area contributed by atoms with Crippen molar-refractivity contribution in [1.82, 2.24) is 0 Å². The molecule has 1 nitrogen and oxygen atoms in total. The van der Waals surface area contributed by atoms with Gasteiger partial charge in [0.15, 0.2) is 0 Å². The van der Waals surface area contributed by atoms with Crippen molar-refractivity contribution in [2.24, 2.45) is 0 Å². The van der Waals surface area contributed by atoms with Crippen molar-refractivity contribution < 1.29 is 5.11 Å². The van der Waals surface area contributed by atoms with Crippen LogP contribution in [0, 0.1) is 0 Å². The lowest BCUT2D eigenvalue weighted by Gasteiger charge is -2.28. The van der Waals surface area contributed by atoms with Crippen LogP contribution in [0.1, 0.15) is 39.0 Å². The molecule has 2 rings (SSSR count). The monoisotopic (exact) mass is 164 g/mol. The summed E-state index contributed by atoms with van der Waals surface area (Å²) in [6.07, 6.45) is 7.70. The minimum absolute atomic E-state index is 0.163. The maximum Gasteiger partial charge on any atom is 0.0792 e. The van der Waals surface area contributed by atoms with Crippen LogP contribution in [0.2, 0.25) is 0 Å². The van der Waals surface area contributed by atoms with Gasteiger partial charge in [0.25, 0.3) is 0 Å². The molecule has 1 unspecified atom stereocenters. The highest BCUT2D eigenvalue weighted by molar-refractivity contribution is 5.41. The van der Waals surface area contributed by atoms with Gasteiger partial charge < -0.3 is 5.11 Å². The summed E-state index contributed by atoms with van der Waals surface area (Å²) in [5.41, 5.74) is 4.20. The Balaban J connectivity index is 2.38. The number of rotatable bonds is 0. The quantitative estimate of drug-likeness (QED) is 0.583. The Morgan fingerprint density at radius 3 is 3.00 bits per heavy atom. The molecule has 0 radical (unpaired) electrons. The minimum atomic E-state index is -0.163. The molecule has 12 heavy (non-hydrogen) atoms. The van der Waals surface area contributed by atoms with E-state index in [1.165, 1.54) is 29.6 Å². The first-order chi connectivity index (χ1) is 5.79. The van der Waals surface area contributed by atoms with Crippen LogP contribution in [0.25, 0.3) is 0 Å². The predicted molar refractivity (Wildman–Crippen MR) is 49.9 cm³/mol. The van der Waals surface area contributed by atoms with E-state index in [1.54, 1.807) is 0 Å². The molecule has 2 aliphatic rings. The Hall–Kier alpha value is -0.560. The van der Waals surface area contributed by atoms with Crippen LogP contribution in [0.15, 0.2) is 22.8 Å². The van der Waals surface area contributed by atoms with Crippen LogP contribution >= 0.6 is 0 Å². The molecule has 1 N–H and O–H groups in total. The van der Waals surface area contributed by atoms with E-state index >= 15 is 0 Å². The number of fused-ring (bicyclic) bond motifs is 1. The van der Waals surface area contributed by atoms with Crippen molar-refractivity contribution in [2.75, 3.05) is 0 Å². The second-order valence-electron chi connectivity index (χ2n) is 3.87. The molecule has 0 aromatic rings. The fourth-order valence-corrected chi connectivity index (χ4v) is 2.26. The third-order valence-electron chi connectivity index (χ3n) is 3.01. The van der Waals surface area contributed by atoms with E-state index in [0.29, 0.717) is 0 Å². The van der Waals surface area contributed by atoms with Crippen LogP contribution < -0.4 is 0 Å². The lowest BCUT2D eigenvalue weighted by atomic mass is 9.80. The zero-order valence-corrected chi connectivity index (χ0v) is 7.64. The van der Waals surface area contributed by atoms with Gasteiger partial charge in [0.2, 0.25) is 0 Å². The summed E-state index contributed by atoms with van der Waals surface area (Å²) < 4.78 is 0. The smallest absolute Gasteiger partial charge is 0.0792 e. The van der Waals surface area contributed by atoms with Crippen LogP contribution in [-0.2, 0) is 0 Å². The molecule has 1 heteroatoms. The van der Waals surface area contributed by atoms with Crippen molar-refractivity contribution in [3.05, 3.63) is 22.8 Å². The van der Waals surface area contributed by atoms with Crippen molar-refractivity contribution in [2.45, 2.75) is 45.1 Å². The standard InChI is InChI=1S/C11H16O/c1-8-6-7-11(12)10-5-3-2-4-9(8)10/h5,11-12H,2-4,6-7H2,1H3. The number of hydrogen-bond acceptors (Lipinski definition) is 1. The minimum Gasteiger partial charge on any atom is -0.388 e. The molecule has 0 saturated heterocycles. The second-order valence-corrected chi connectivity index (χ2v) is 3.87. The SMILES string of the molecule is CC1=C2CCCC=C2C(O)CC1. The van der Waals surface area contributed by atoms with E-state index < -0.39 is 0 Å². The third-order valence-corrected chi connectivity index (χ3v) is 3.01. The molecule has 0 aliphatic heterocycles. The fourth-order valence-electron chi connectivity index (χ4n) is 2.26. The average molecular weight is 164 g/mol. The van der Waals surface area contributed by atoms with E-state index in [4.69, 9.17) is 0 Å². The molecule has 0 heterocycles. The third kappa shape index (κ3) is 1.22. The molecule has 1 atom stereocenters. The number of aliphatic hydroxyl groups excluding tert-OH is 1. The van der Waals surface area contributed by atoms with Gasteiger partial charge in [0, 0.05) is 0 Å². The highest BCUT2D eigenvalue weighted by atomic mass is 16.3. The number of allylic oxidation sites excluding steroid dienone is 2. The fraction of sp³-hybridized carbons (Fsp3) is 0.636. The van der Waals surface area contributed by atoms with Gasteiger partial charge in [-0.05, 0) is 50.2 Å². The summed E-state index contributed by atoms with van der Waals surface area (Å²) in [5.74, 6) is 0. The Labute approximate surface area is 73.8 Å². The summed E-state index contributed by atoms with van der Waals surface area (Å²) in [6, 6.07) is 0. The Bertz CT molecular complexity index is 248. The Morgan fingerprint density at radius 1 is 1.42 bits per heavy atom. The first kappa shape index (κ1) is 8.06. The Morgan fingerprint density at radius 2 is 2.25 bits per heavy atom. The summed E-state index contributed by atoms with van der Waals surface area (Å²) in [6.45, 7) is 2.21. The van der Waals surface area contributed by atoms with Crippen LogP contribution in [0.3, 0.4) is 0 Å². The van der Waals surface area contributed by atoms with Gasteiger partial charge in [0.1, 0.15) is 0 Å². The highest BCUT2D eigenvalue weighted by Gasteiger charge is 2.23. The molecule has 0 aromatic carbocycles. The van der Waals surface area contributed by atoms with E-state index in [9.17, 15) is 5.11 Å². The molecule has 0 amide bonds. The predicted octanol–water partition coefficient (Wildman–Crippen LogP) is 2.57. The molecular weight excluding hydrogens is 148 g/mol. The van der Waals surface area contributed by atoms with Crippen LogP contribution in [0.5, 0.6) is 0 Å². The van der Waals surface area contributed by atoms with Gasteiger partial charge >= 0.3 is 0 Å². The van der Waals surface area contributed by atoms with Crippen LogP contribution in [0.4, 0.5) is 0 Å². The van der Waals surface area contributed by atoms with Gasteiger partial charge in [0.05, 0.1) is 6.10 Å². The second kappa shape index (κ2) is 3.06. The highest BCUT2D eigenvalue weighted by Crippen LogP contribution is 2.36. The van der Waals surface area contributed by atoms with Gasteiger partial charge in [-0.15, -0.1) is 0 Å². The van der Waals surface area contributed by atoms with E-state index in [-0.39, 0.29) is 6.10 Å². The molecule has 0 bridgehead atoms. The number of aliphatic hydroxyl groups is 1. The maximum absolute atomic E-state index is 9.72. The van der Waals surface area contributed by atoms with Crippen molar-refractivity contribution in [1.29, 1.82) is 0 Å². The molecule has 0 fully saturated rings. The summed E-state index contributed by atoms with van der Waals surface area (Å²) >= 11 is 0. The molecule has 0 aromatic heterocycles. The van der Waals surface area contributed by atoms with Crippen molar-refractivity contribution in [3.63, 3.8) is 0 Å². The molecular formula is C11H16O. The summed E-state index contributed by atoms with van der Waals surface area (Å²) in [7, 11) is 0. The molecule has 0 spiro atoms. The van der Waals surface area contributed by atoms with Gasteiger partial charge in [-0.1, -0.05) is 11.6 Å². The lowest BCUT2D eigenvalue weighted by molar-refractivity contribution is 0.195. The Kier molecular flexibility index (Phi) is 2.05. The largest absolute Gasteiger partial charge is 0.388 e. The molecule has 0 saturated carbocycles.